The largest absolute Gasteiger partial charge is 0.486 e. The number of nitrogens with one attached hydrogen (secondary N) is 2. The molecule has 0 bridgehead atoms. The Kier molecular flexibility index (Phi) is 8.20. The van der Waals surface area contributed by atoms with Gasteiger partial charge in [-0.05, 0) is 31.2 Å². The van der Waals surface area contributed by atoms with Crippen LogP contribution in [0, 0.1) is 5.82 Å². The molecule has 5 rings (SSSR count). The van der Waals surface area contributed by atoms with Gasteiger partial charge in [0.25, 0.3) is 0 Å². The standard InChI is InChI=1S/C27H27ClFN5O5/c1-16-27(36)38-10-8-34(16)7-2-3-25(35)33-23-12-19-22(13-24(23)39-18-6-9-37-14-18)30-15-31-26(19)32-17-4-5-21(29)20(28)11-17/h2-5,11-13,15-16,18H,6-10,14H2,1H3,(H,33,35)(H,30,31,32). The molecule has 2 fully saturated rings. The predicted octanol–water partition coefficient (Wildman–Crippen LogP) is 4.08. The normalized spacial score (nSPS) is 19.8. The van der Waals surface area contributed by atoms with Crippen LogP contribution in [-0.4, -0.2) is 71.8 Å². The zero-order valence-corrected chi connectivity index (χ0v) is 21.9. The number of rotatable bonds is 8. The van der Waals surface area contributed by atoms with Crippen molar-refractivity contribution in [3.05, 3.63) is 59.7 Å². The second kappa shape index (κ2) is 11.9. The number of carbonyl (C=O) groups is 2. The van der Waals surface area contributed by atoms with Crippen LogP contribution < -0.4 is 15.4 Å². The highest BCUT2D eigenvalue weighted by Crippen LogP contribution is 2.35. The molecule has 2 unspecified atom stereocenters. The summed E-state index contributed by atoms with van der Waals surface area (Å²) in [5, 5.41) is 6.60. The van der Waals surface area contributed by atoms with Crippen LogP contribution in [0.1, 0.15) is 13.3 Å². The van der Waals surface area contributed by atoms with E-state index < -0.39 is 5.82 Å². The summed E-state index contributed by atoms with van der Waals surface area (Å²) in [7, 11) is 0. The number of hydrogen-bond acceptors (Lipinski definition) is 9. The molecule has 39 heavy (non-hydrogen) atoms. The maximum atomic E-state index is 13.6. The van der Waals surface area contributed by atoms with Crippen molar-refractivity contribution in [2.45, 2.75) is 25.5 Å². The van der Waals surface area contributed by atoms with Gasteiger partial charge in [0.1, 0.15) is 42.5 Å². The lowest BCUT2D eigenvalue weighted by Gasteiger charge is -2.30. The molecule has 10 nitrogen and oxygen atoms in total. The number of esters is 1. The van der Waals surface area contributed by atoms with E-state index in [4.69, 9.17) is 25.8 Å². The molecule has 0 aliphatic carbocycles. The molecule has 1 amide bonds. The van der Waals surface area contributed by atoms with E-state index in [1.807, 2.05) is 4.90 Å². The van der Waals surface area contributed by atoms with Gasteiger partial charge < -0.3 is 24.8 Å². The van der Waals surface area contributed by atoms with E-state index in [2.05, 4.69) is 20.6 Å². The smallest absolute Gasteiger partial charge is 0.323 e. The molecular formula is C27H27ClFN5O5. The molecule has 0 radical (unpaired) electrons. The first-order chi connectivity index (χ1) is 18.9. The number of anilines is 3. The molecule has 3 aromatic rings. The molecule has 3 heterocycles. The van der Waals surface area contributed by atoms with Gasteiger partial charge in [-0.25, -0.2) is 14.4 Å². The summed E-state index contributed by atoms with van der Waals surface area (Å²) in [4.78, 5) is 35.3. The number of cyclic esters (lactones) is 1. The monoisotopic (exact) mass is 555 g/mol. The van der Waals surface area contributed by atoms with Gasteiger partial charge >= 0.3 is 5.97 Å². The molecule has 2 saturated heterocycles. The number of fused-ring (bicyclic) bond motifs is 1. The van der Waals surface area contributed by atoms with Gasteiger partial charge in [0.2, 0.25) is 5.91 Å². The van der Waals surface area contributed by atoms with E-state index in [-0.39, 0.29) is 29.0 Å². The van der Waals surface area contributed by atoms with Crippen LogP contribution in [0.25, 0.3) is 10.9 Å². The molecule has 0 saturated carbocycles. The van der Waals surface area contributed by atoms with Crippen molar-refractivity contribution in [1.82, 2.24) is 14.9 Å². The van der Waals surface area contributed by atoms with Crippen LogP contribution in [0.15, 0.2) is 48.8 Å². The third-order valence-corrected chi connectivity index (χ3v) is 6.77. The number of ether oxygens (including phenoxy) is 3. The molecule has 2 aliphatic rings. The lowest BCUT2D eigenvalue weighted by atomic mass is 10.1. The number of hydrogen-bond donors (Lipinski definition) is 2. The van der Waals surface area contributed by atoms with Crippen LogP contribution in [-0.2, 0) is 19.1 Å². The van der Waals surface area contributed by atoms with Crippen molar-refractivity contribution in [2.75, 3.05) is 43.5 Å². The second-order valence-electron chi connectivity index (χ2n) is 9.18. The lowest BCUT2D eigenvalue weighted by molar-refractivity contribution is -0.155. The summed E-state index contributed by atoms with van der Waals surface area (Å²) in [6.07, 6.45) is 5.08. The summed E-state index contributed by atoms with van der Waals surface area (Å²) in [6, 6.07) is 7.35. The molecule has 204 valence electrons. The van der Waals surface area contributed by atoms with E-state index in [0.717, 1.165) is 6.42 Å². The summed E-state index contributed by atoms with van der Waals surface area (Å²) >= 11 is 5.93. The van der Waals surface area contributed by atoms with E-state index in [9.17, 15) is 14.0 Å². The number of benzene rings is 2. The van der Waals surface area contributed by atoms with Crippen LogP contribution in [0.5, 0.6) is 5.75 Å². The second-order valence-corrected chi connectivity index (χ2v) is 9.58. The summed E-state index contributed by atoms with van der Waals surface area (Å²) in [6.45, 7) is 4.17. The molecule has 0 spiro atoms. The Balaban J connectivity index is 1.40. The molecule has 1 aromatic heterocycles. The zero-order valence-electron chi connectivity index (χ0n) is 21.2. The maximum Gasteiger partial charge on any atom is 0.323 e. The SMILES string of the molecule is CC1C(=O)OCCN1CC=CC(=O)Nc1cc2c(Nc3ccc(F)c(Cl)c3)ncnc2cc1OC1CCOC1. The molecular weight excluding hydrogens is 529 g/mol. The Morgan fingerprint density at radius 3 is 2.95 bits per heavy atom. The Hall–Kier alpha value is -3.80. The third kappa shape index (κ3) is 6.44. The molecule has 2 atom stereocenters. The Bertz CT molecular complexity index is 1410. The Morgan fingerprint density at radius 1 is 1.28 bits per heavy atom. The quantitative estimate of drug-likeness (QED) is 0.313. The van der Waals surface area contributed by atoms with E-state index >= 15 is 0 Å². The van der Waals surface area contributed by atoms with Gasteiger partial charge in [0, 0.05) is 42.7 Å². The van der Waals surface area contributed by atoms with Crippen LogP contribution >= 0.6 is 11.6 Å². The average molecular weight is 556 g/mol. The molecule has 2 N–H and O–H groups in total. The number of morpholine rings is 1. The van der Waals surface area contributed by atoms with E-state index in [0.29, 0.717) is 66.8 Å². The van der Waals surface area contributed by atoms with Crippen molar-refractivity contribution >= 4 is 51.6 Å². The number of nitrogens with zero attached hydrogens (tertiary/aromatic N) is 3. The number of halogens is 2. The average Bonchev–Trinajstić information content (AvgIpc) is 3.42. The Morgan fingerprint density at radius 2 is 2.15 bits per heavy atom. The number of amides is 1. The van der Waals surface area contributed by atoms with Crippen LogP contribution in [0.4, 0.5) is 21.6 Å². The minimum atomic E-state index is -0.528. The maximum absolute atomic E-state index is 13.6. The highest BCUT2D eigenvalue weighted by Gasteiger charge is 2.26. The fourth-order valence-electron chi connectivity index (χ4n) is 4.32. The number of aromatic nitrogens is 2. The van der Waals surface area contributed by atoms with Crippen molar-refractivity contribution in [3.8, 4) is 5.75 Å². The third-order valence-electron chi connectivity index (χ3n) is 6.48. The highest BCUT2D eigenvalue weighted by molar-refractivity contribution is 6.31. The summed E-state index contributed by atoms with van der Waals surface area (Å²) < 4.78 is 30.3. The van der Waals surface area contributed by atoms with Crippen molar-refractivity contribution < 1.29 is 28.2 Å². The van der Waals surface area contributed by atoms with Gasteiger partial charge in [-0.3, -0.25) is 14.5 Å². The van der Waals surface area contributed by atoms with Gasteiger partial charge in [0.05, 0.1) is 29.4 Å². The Labute approximate surface area is 229 Å². The fraction of sp³-hybridized carbons (Fsp3) is 0.333. The van der Waals surface area contributed by atoms with Crippen molar-refractivity contribution in [1.29, 1.82) is 0 Å². The van der Waals surface area contributed by atoms with Gasteiger partial charge in [-0.15, -0.1) is 0 Å². The first-order valence-electron chi connectivity index (χ1n) is 12.5. The summed E-state index contributed by atoms with van der Waals surface area (Å²) in [5.74, 6) is -0.287. The van der Waals surface area contributed by atoms with Crippen LogP contribution in [0.3, 0.4) is 0 Å². The highest BCUT2D eigenvalue weighted by atomic mass is 35.5. The number of carbonyl (C=O) groups excluding carboxylic acids is 2. The first-order valence-corrected chi connectivity index (χ1v) is 12.9. The topological polar surface area (TPSA) is 115 Å². The molecule has 2 aromatic carbocycles. The fourth-order valence-corrected chi connectivity index (χ4v) is 4.50. The van der Waals surface area contributed by atoms with Gasteiger partial charge in [-0.1, -0.05) is 17.7 Å². The predicted molar refractivity (Wildman–Crippen MR) is 144 cm³/mol. The van der Waals surface area contributed by atoms with Gasteiger partial charge in [0.15, 0.2) is 0 Å². The molecule has 2 aliphatic heterocycles. The summed E-state index contributed by atoms with van der Waals surface area (Å²) in [5.41, 5.74) is 1.54. The van der Waals surface area contributed by atoms with Gasteiger partial charge in [-0.2, -0.15) is 0 Å². The lowest BCUT2D eigenvalue weighted by Crippen LogP contribution is -2.47. The molecule has 12 heteroatoms. The van der Waals surface area contributed by atoms with E-state index in [1.165, 1.54) is 24.5 Å². The minimum absolute atomic E-state index is 0.0246. The zero-order chi connectivity index (χ0) is 27.4. The van der Waals surface area contributed by atoms with Crippen molar-refractivity contribution in [3.63, 3.8) is 0 Å². The minimum Gasteiger partial charge on any atom is -0.486 e. The van der Waals surface area contributed by atoms with Crippen molar-refractivity contribution in [2.24, 2.45) is 0 Å². The van der Waals surface area contributed by atoms with E-state index in [1.54, 1.807) is 31.2 Å². The first kappa shape index (κ1) is 26.8. The van der Waals surface area contributed by atoms with Crippen LogP contribution in [0.2, 0.25) is 5.02 Å².